The van der Waals surface area contributed by atoms with Gasteiger partial charge in [-0.15, -0.1) is 0 Å². The Labute approximate surface area is 128 Å². The van der Waals surface area contributed by atoms with Crippen LogP contribution >= 0.6 is 31.9 Å². The maximum atomic E-state index is 13.8. The van der Waals surface area contributed by atoms with Crippen LogP contribution in [0.3, 0.4) is 0 Å². The van der Waals surface area contributed by atoms with Crippen LogP contribution in [0.25, 0.3) is 0 Å². The van der Waals surface area contributed by atoms with Gasteiger partial charge < -0.3 is 5.32 Å². The normalized spacial score (nSPS) is 17.3. The molecule has 98 valence electrons. The largest absolute Gasteiger partial charge is 0.375 e. The van der Waals surface area contributed by atoms with E-state index in [0.29, 0.717) is 5.69 Å². The summed E-state index contributed by atoms with van der Waals surface area (Å²) >= 11 is 6.88. The highest BCUT2D eigenvalue weighted by Gasteiger charge is 2.23. The van der Waals surface area contributed by atoms with Crippen molar-refractivity contribution in [2.24, 2.45) is 0 Å². The zero-order valence-corrected chi connectivity index (χ0v) is 13.3. The molecule has 0 heterocycles. The molecule has 1 aliphatic carbocycles. The molecule has 4 heteroatoms. The van der Waals surface area contributed by atoms with Crippen molar-refractivity contribution in [3.8, 4) is 0 Å². The average Bonchev–Trinajstić information content (AvgIpc) is 2.76. The molecule has 0 saturated heterocycles. The zero-order chi connectivity index (χ0) is 13.4. The van der Waals surface area contributed by atoms with E-state index < -0.39 is 0 Å². The molecule has 0 fully saturated rings. The van der Waals surface area contributed by atoms with Crippen LogP contribution in [0.1, 0.15) is 23.6 Å². The maximum absolute atomic E-state index is 13.8. The van der Waals surface area contributed by atoms with Crippen LogP contribution < -0.4 is 5.32 Å². The summed E-state index contributed by atoms with van der Waals surface area (Å²) in [5.41, 5.74) is 3.14. The Bertz CT molecular complexity index is 607. The van der Waals surface area contributed by atoms with Gasteiger partial charge in [-0.2, -0.15) is 0 Å². The summed E-state index contributed by atoms with van der Waals surface area (Å²) in [7, 11) is 0. The average molecular weight is 385 g/mol. The standard InChI is InChI=1S/C15H12Br2FN/c16-10-5-6-11-9(8-10)4-7-14(11)19-15-12(17)2-1-3-13(15)18/h1-3,5-6,8,14,19H,4,7H2. The summed E-state index contributed by atoms with van der Waals surface area (Å²) < 4.78 is 15.7. The minimum absolute atomic E-state index is 0.177. The van der Waals surface area contributed by atoms with Crippen LogP contribution in [0.15, 0.2) is 45.3 Å². The van der Waals surface area contributed by atoms with Gasteiger partial charge in [-0.05, 0) is 64.2 Å². The Kier molecular flexibility index (Phi) is 3.63. The fraction of sp³-hybridized carbons (Fsp3) is 0.200. The Morgan fingerprint density at radius 2 is 2.00 bits per heavy atom. The van der Waals surface area contributed by atoms with E-state index in [9.17, 15) is 4.39 Å². The van der Waals surface area contributed by atoms with Gasteiger partial charge in [0.1, 0.15) is 5.82 Å². The number of rotatable bonds is 2. The van der Waals surface area contributed by atoms with Crippen molar-refractivity contribution in [3.05, 3.63) is 62.3 Å². The number of nitrogens with one attached hydrogen (secondary N) is 1. The third-order valence-electron chi connectivity index (χ3n) is 3.46. The highest BCUT2D eigenvalue weighted by Crippen LogP contribution is 2.37. The van der Waals surface area contributed by atoms with Gasteiger partial charge >= 0.3 is 0 Å². The molecule has 0 amide bonds. The van der Waals surface area contributed by atoms with Gasteiger partial charge in [-0.3, -0.25) is 0 Å². The first-order valence-corrected chi connectivity index (χ1v) is 7.72. The summed E-state index contributed by atoms with van der Waals surface area (Å²) in [6.45, 7) is 0. The molecule has 0 aromatic heterocycles. The summed E-state index contributed by atoms with van der Waals surface area (Å²) in [5, 5.41) is 3.32. The monoisotopic (exact) mass is 383 g/mol. The third kappa shape index (κ3) is 2.56. The predicted molar refractivity (Wildman–Crippen MR) is 82.9 cm³/mol. The molecule has 0 bridgehead atoms. The molecular formula is C15H12Br2FN. The van der Waals surface area contributed by atoms with Gasteiger partial charge in [0.2, 0.25) is 0 Å². The van der Waals surface area contributed by atoms with Gasteiger partial charge in [0.25, 0.3) is 0 Å². The fourth-order valence-electron chi connectivity index (χ4n) is 2.55. The lowest BCUT2D eigenvalue weighted by molar-refractivity contribution is 0.624. The van der Waals surface area contributed by atoms with E-state index in [-0.39, 0.29) is 11.9 Å². The highest BCUT2D eigenvalue weighted by molar-refractivity contribution is 9.10. The molecule has 0 radical (unpaired) electrons. The van der Waals surface area contributed by atoms with E-state index in [1.807, 2.05) is 12.1 Å². The van der Waals surface area contributed by atoms with Crippen LogP contribution in [-0.2, 0) is 6.42 Å². The van der Waals surface area contributed by atoms with Crippen LogP contribution in [0.5, 0.6) is 0 Å². The lowest BCUT2D eigenvalue weighted by Crippen LogP contribution is -2.09. The summed E-state index contributed by atoms with van der Waals surface area (Å²) in [6, 6.07) is 11.5. The first kappa shape index (κ1) is 13.1. The zero-order valence-electron chi connectivity index (χ0n) is 10.1. The van der Waals surface area contributed by atoms with E-state index in [4.69, 9.17) is 0 Å². The smallest absolute Gasteiger partial charge is 0.147 e. The minimum atomic E-state index is -0.222. The Morgan fingerprint density at radius 1 is 1.16 bits per heavy atom. The molecule has 1 unspecified atom stereocenters. The molecular weight excluding hydrogens is 373 g/mol. The molecule has 2 aromatic rings. The van der Waals surface area contributed by atoms with Crippen LogP contribution in [0, 0.1) is 5.82 Å². The van der Waals surface area contributed by atoms with Crippen molar-refractivity contribution < 1.29 is 4.39 Å². The molecule has 3 rings (SSSR count). The summed E-state index contributed by atoms with van der Waals surface area (Å²) in [6.07, 6.45) is 2.02. The predicted octanol–water partition coefficient (Wildman–Crippen LogP) is 5.45. The minimum Gasteiger partial charge on any atom is -0.375 e. The second-order valence-corrected chi connectivity index (χ2v) is 6.45. The SMILES string of the molecule is Fc1cccc(Br)c1NC1CCc2cc(Br)ccc21. The third-order valence-corrected chi connectivity index (χ3v) is 4.62. The van der Waals surface area contributed by atoms with Crippen molar-refractivity contribution in [2.45, 2.75) is 18.9 Å². The lowest BCUT2D eigenvalue weighted by atomic mass is 10.1. The van der Waals surface area contributed by atoms with E-state index in [2.05, 4.69) is 49.3 Å². The molecule has 1 atom stereocenters. The van der Waals surface area contributed by atoms with Gasteiger partial charge in [0, 0.05) is 8.95 Å². The first-order valence-electron chi connectivity index (χ1n) is 6.14. The number of halogens is 3. The van der Waals surface area contributed by atoms with Crippen molar-refractivity contribution in [1.29, 1.82) is 0 Å². The number of anilines is 1. The number of hydrogen-bond acceptors (Lipinski definition) is 1. The van der Waals surface area contributed by atoms with Gasteiger partial charge in [0.15, 0.2) is 0 Å². The van der Waals surface area contributed by atoms with E-state index in [0.717, 1.165) is 21.8 Å². The molecule has 0 spiro atoms. The maximum Gasteiger partial charge on any atom is 0.147 e. The molecule has 1 aliphatic rings. The molecule has 2 aromatic carbocycles. The Hall–Kier alpha value is -0.870. The topological polar surface area (TPSA) is 12.0 Å². The van der Waals surface area contributed by atoms with Crippen molar-refractivity contribution >= 4 is 37.5 Å². The molecule has 1 nitrogen and oxygen atoms in total. The van der Waals surface area contributed by atoms with Gasteiger partial charge in [-0.1, -0.05) is 28.1 Å². The van der Waals surface area contributed by atoms with E-state index in [1.165, 1.54) is 17.2 Å². The van der Waals surface area contributed by atoms with Crippen LogP contribution in [0.2, 0.25) is 0 Å². The van der Waals surface area contributed by atoms with E-state index >= 15 is 0 Å². The lowest BCUT2D eigenvalue weighted by Gasteiger charge is -2.17. The number of fused-ring (bicyclic) bond motifs is 1. The van der Waals surface area contributed by atoms with Crippen LogP contribution in [0.4, 0.5) is 10.1 Å². The summed E-state index contributed by atoms with van der Waals surface area (Å²) in [5.74, 6) is -0.222. The Morgan fingerprint density at radius 3 is 2.79 bits per heavy atom. The quantitative estimate of drug-likeness (QED) is 0.725. The number of benzene rings is 2. The number of para-hydroxylation sites is 1. The molecule has 0 saturated carbocycles. The second kappa shape index (κ2) is 5.25. The van der Waals surface area contributed by atoms with Crippen molar-refractivity contribution in [2.75, 3.05) is 5.32 Å². The van der Waals surface area contributed by atoms with Crippen molar-refractivity contribution in [3.63, 3.8) is 0 Å². The van der Waals surface area contributed by atoms with Crippen molar-refractivity contribution in [1.82, 2.24) is 0 Å². The van der Waals surface area contributed by atoms with Crippen LogP contribution in [-0.4, -0.2) is 0 Å². The second-order valence-electron chi connectivity index (χ2n) is 4.68. The number of aryl methyl sites for hydroxylation is 1. The Balaban J connectivity index is 1.91. The highest BCUT2D eigenvalue weighted by atomic mass is 79.9. The molecule has 0 aliphatic heterocycles. The van der Waals surface area contributed by atoms with Gasteiger partial charge in [-0.25, -0.2) is 4.39 Å². The fourth-order valence-corrected chi connectivity index (χ4v) is 3.41. The van der Waals surface area contributed by atoms with E-state index in [1.54, 1.807) is 6.07 Å². The van der Waals surface area contributed by atoms with Gasteiger partial charge in [0.05, 0.1) is 11.7 Å². The number of hydrogen-bond donors (Lipinski definition) is 1. The first-order chi connectivity index (χ1) is 9.15. The summed E-state index contributed by atoms with van der Waals surface area (Å²) in [4.78, 5) is 0. The molecule has 1 N–H and O–H groups in total. The molecule has 19 heavy (non-hydrogen) atoms.